The van der Waals surface area contributed by atoms with Gasteiger partial charge in [-0.05, 0) is 45.2 Å². The predicted molar refractivity (Wildman–Crippen MR) is 93.3 cm³/mol. The molecule has 2 aromatic carbocycles. The molecule has 0 fully saturated rings. The van der Waals surface area contributed by atoms with E-state index in [1.165, 1.54) is 0 Å². The van der Waals surface area contributed by atoms with E-state index in [0.29, 0.717) is 11.3 Å². The number of hydrogen-bond donors (Lipinski definition) is 1. The first-order chi connectivity index (χ1) is 11.2. The zero-order valence-electron chi connectivity index (χ0n) is 14.7. The van der Waals surface area contributed by atoms with Gasteiger partial charge in [0.15, 0.2) is 6.10 Å². The van der Waals surface area contributed by atoms with Crippen molar-refractivity contribution >= 4 is 22.6 Å². The highest BCUT2D eigenvalue weighted by Crippen LogP contribution is 2.28. The summed E-state index contributed by atoms with van der Waals surface area (Å²) in [4.78, 5) is 24.6. The largest absolute Gasteiger partial charge is 0.496 e. The van der Waals surface area contributed by atoms with E-state index >= 15 is 0 Å². The van der Waals surface area contributed by atoms with Gasteiger partial charge < -0.3 is 14.8 Å². The van der Waals surface area contributed by atoms with Crippen molar-refractivity contribution in [2.24, 2.45) is 0 Å². The van der Waals surface area contributed by atoms with Crippen LogP contribution in [0.15, 0.2) is 36.4 Å². The van der Waals surface area contributed by atoms with Gasteiger partial charge in [-0.3, -0.25) is 4.79 Å². The molecule has 24 heavy (non-hydrogen) atoms. The lowest BCUT2D eigenvalue weighted by Gasteiger charge is -2.23. The van der Waals surface area contributed by atoms with E-state index in [0.717, 1.165) is 10.8 Å². The van der Waals surface area contributed by atoms with Gasteiger partial charge in [-0.25, -0.2) is 4.79 Å². The molecule has 0 saturated heterocycles. The molecule has 5 nitrogen and oxygen atoms in total. The van der Waals surface area contributed by atoms with Crippen molar-refractivity contribution < 1.29 is 19.1 Å². The molecule has 2 aromatic rings. The molecule has 1 amide bonds. The topological polar surface area (TPSA) is 64.6 Å². The summed E-state index contributed by atoms with van der Waals surface area (Å²) in [6, 6.07) is 10.8. The van der Waals surface area contributed by atoms with Crippen LogP contribution in [0.4, 0.5) is 0 Å². The number of benzene rings is 2. The summed E-state index contributed by atoms with van der Waals surface area (Å²) in [6.07, 6.45) is -0.877. The van der Waals surface area contributed by atoms with Gasteiger partial charge in [0.05, 0.1) is 12.7 Å². The zero-order chi connectivity index (χ0) is 17.9. The van der Waals surface area contributed by atoms with Crippen molar-refractivity contribution in [2.75, 3.05) is 7.11 Å². The molecule has 2 rings (SSSR count). The van der Waals surface area contributed by atoms with Gasteiger partial charge in [-0.1, -0.05) is 24.3 Å². The summed E-state index contributed by atoms with van der Waals surface area (Å²) in [5.41, 5.74) is 0.0201. The molecule has 0 heterocycles. The number of methoxy groups -OCH3 is 1. The molecule has 0 saturated carbocycles. The lowest BCUT2D eigenvalue weighted by Crippen LogP contribution is -2.46. The van der Waals surface area contributed by atoms with Gasteiger partial charge in [-0.2, -0.15) is 0 Å². The molecule has 0 radical (unpaired) electrons. The second-order valence-corrected chi connectivity index (χ2v) is 6.65. The Morgan fingerprint density at radius 3 is 2.25 bits per heavy atom. The van der Waals surface area contributed by atoms with E-state index in [1.807, 2.05) is 45.0 Å². The smallest absolute Gasteiger partial charge is 0.339 e. The number of carbonyl (C=O) groups is 2. The Morgan fingerprint density at radius 1 is 1.04 bits per heavy atom. The average molecular weight is 329 g/mol. The van der Waals surface area contributed by atoms with Crippen molar-refractivity contribution in [3.05, 3.63) is 42.0 Å². The van der Waals surface area contributed by atoms with Crippen LogP contribution in [0.5, 0.6) is 5.75 Å². The van der Waals surface area contributed by atoms with Crippen molar-refractivity contribution in [1.29, 1.82) is 0 Å². The fourth-order valence-corrected chi connectivity index (χ4v) is 2.38. The van der Waals surface area contributed by atoms with Gasteiger partial charge in [0, 0.05) is 10.9 Å². The summed E-state index contributed by atoms with van der Waals surface area (Å²) >= 11 is 0. The van der Waals surface area contributed by atoms with Crippen LogP contribution in [-0.4, -0.2) is 30.6 Å². The number of fused-ring (bicyclic) bond motifs is 1. The maximum Gasteiger partial charge on any atom is 0.339 e. The van der Waals surface area contributed by atoms with E-state index in [1.54, 1.807) is 26.2 Å². The Kier molecular flexibility index (Phi) is 5.12. The molecule has 1 N–H and O–H groups in total. The highest BCUT2D eigenvalue weighted by atomic mass is 16.5. The third-order valence-electron chi connectivity index (χ3n) is 3.48. The number of rotatable bonds is 4. The van der Waals surface area contributed by atoms with E-state index in [4.69, 9.17) is 9.47 Å². The van der Waals surface area contributed by atoms with Crippen LogP contribution in [0.3, 0.4) is 0 Å². The Morgan fingerprint density at radius 2 is 1.67 bits per heavy atom. The molecule has 128 valence electrons. The molecule has 5 heteroatoms. The molecular weight excluding hydrogens is 306 g/mol. The summed E-state index contributed by atoms with van der Waals surface area (Å²) < 4.78 is 10.7. The number of amides is 1. The normalized spacial score (nSPS) is 12.5. The Bertz CT molecular complexity index is 762. The molecular formula is C19H23NO4. The molecule has 0 aliphatic heterocycles. The van der Waals surface area contributed by atoms with Crippen molar-refractivity contribution in [3.8, 4) is 5.75 Å². The predicted octanol–water partition coefficient (Wildman–Crippen LogP) is 3.31. The van der Waals surface area contributed by atoms with Crippen LogP contribution in [0.2, 0.25) is 0 Å². The quantitative estimate of drug-likeness (QED) is 0.874. The van der Waals surface area contributed by atoms with Crippen molar-refractivity contribution in [2.45, 2.75) is 39.3 Å². The first kappa shape index (κ1) is 17.8. The van der Waals surface area contributed by atoms with Crippen LogP contribution in [0.25, 0.3) is 10.8 Å². The Labute approximate surface area is 141 Å². The summed E-state index contributed by atoms with van der Waals surface area (Å²) in [5.74, 6) is -0.181. The Balaban J connectivity index is 2.25. The van der Waals surface area contributed by atoms with Gasteiger partial charge in [0.25, 0.3) is 5.91 Å². The van der Waals surface area contributed by atoms with Crippen LogP contribution >= 0.6 is 0 Å². The second-order valence-electron chi connectivity index (χ2n) is 6.65. The van der Waals surface area contributed by atoms with E-state index in [9.17, 15) is 9.59 Å². The first-order valence-electron chi connectivity index (χ1n) is 7.81. The van der Waals surface area contributed by atoms with Crippen molar-refractivity contribution in [3.63, 3.8) is 0 Å². The van der Waals surface area contributed by atoms with Gasteiger partial charge >= 0.3 is 5.97 Å². The summed E-state index contributed by atoms with van der Waals surface area (Å²) in [5, 5.41) is 4.34. The molecule has 1 atom stereocenters. The lowest BCUT2D eigenvalue weighted by molar-refractivity contribution is -0.130. The van der Waals surface area contributed by atoms with Crippen molar-refractivity contribution in [1.82, 2.24) is 5.32 Å². The molecule has 0 bridgehead atoms. The SMILES string of the molecule is COc1ccc(C(=O)O[C@@H](C)C(=O)NC(C)(C)C)c2ccccc12. The molecule has 0 unspecified atom stereocenters. The summed E-state index contributed by atoms with van der Waals surface area (Å²) in [6.45, 7) is 7.17. The second kappa shape index (κ2) is 6.91. The first-order valence-corrected chi connectivity index (χ1v) is 7.81. The third kappa shape index (κ3) is 4.04. The monoisotopic (exact) mass is 329 g/mol. The summed E-state index contributed by atoms with van der Waals surface area (Å²) in [7, 11) is 1.58. The molecule has 0 aromatic heterocycles. The minimum atomic E-state index is -0.877. The Hall–Kier alpha value is -2.56. The molecule has 0 spiro atoms. The van der Waals surface area contributed by atoms with Crippen LogP contribution in [0.1, 0.15) is 38.1 Å². The standard InChI is InChI=1S/C19H23NO4/c1-12(17(21)20-19(2,3)4)24-18(22)15-10-11-16(23-5)14-9-7-6-8-13(14)15/h6-12H,1-5H3,(H,20,21)/t12-/m0/s1. The highest BCUT2D eigenvalue weighted by Gasteiger charge is 2.24. The van der Waals surface area contributed by atoms with Crippen LogP contribution in [-0.2, 0) is 9.53 Å². The third-order valence-corrected chi connectivity index (χ3v) is 3.48. The maximum absolute atomic E-state index is 12.5. The fraction of sp³-hybridized carbons (Fsp3) is 0.368. The maximum atomic E-state index is 12.5. The number of hydrogen-bond acceptors (Lipinski definition) is 4. The number of nitrogens with one attached hydrogen (secondary N) is 1. The average Bonchev–Trinajstić information content (AvgIpc) is 2.52. The zero-order valence-corrected chi connectivity index (χ0v) is 14.7. The number of ether oxygens (including phenoxy) is 2. The van der Waals surface area contributed by atoms with Gasteiger partial charge in [0.2, 0.25) is 0 Å². The van der Waals surface area contributed by atoms with Gasteiger partial charge in [-0.15, -0.1) is 0 Å². The molecule has 0 aliphatic rings. The van der Waals surface area contributed by atoms with Gasteiger partial charge in [0.1, 0.15) is 5.75 Å². The lowest BCUT2D eigenvalue weighted by atomic mass is 10.0. The number of esters is 1. The minimum absolute atomic E-state index is 0.325. The van der Waals surface area contributed by atoms with Crippen LogP contribution < -0.4 is 10.1 Å². The van der Waals surface area contributed by atoms with Crippen LogP contribution in [0, 0.1) is 0 Å². The minimum Gasteiger partial charge on any atom is -0.496 e. The van der Waals surface area contributed by atoms with E-state index < -0.39 is 12.1 Å². The highest BCUT2D eigenvalue weighted by molar-refractivity contribution is 6.07. The fourth-order valence-electron chi connectivity index (χ4n) is 2.38. The van der Waals surface area contributed by atoms with E-state index in [-0.39, 0.29) is 11.4 Å². The van der Waals surface area contributed by atoms with E-state index in [2.05, 4.69) is 5.32 Å². The number of carbonyl (C=O) groups excluding carboxylic acids is 2. The molecule has 0 aliphatic carbocycles.